The summed E-state index contributed by atoms with van der Waals surface area (Å²) in [5, 5.41) is 0. The van der Waals surface area contributed by atoms with Gasteiger partial charge in [-0.3, -0.25) is 0 Å². The van der Waals surface area contributed by atoms with E-state index in [-0.39, 0.29) is 11.2 Å². The van der Waals surface area contributed by atoms with Crippen LogP contribution in [0.2, 0.25) is 0 Å². The highest BCUT2D eigenvalue weighted by molar-refractivity contribution is 5.28. The molecular weight excluding hydrogens is 239 g/mol. The van der Waals surface area contributed by atoms with E-state index in [2.05, 4.69) is 11.8 Å². The van der Waals surface area contributed by atoms with E-state index in [1.807, 2.05) is 12.1 Å². The number of hydrogen-bond donors (Lipinski definition) is 1. The van der Waals surface area contributed by atoms with E-state index in [1.54, 1.807) is 12.1 Å². The molecule has 0 amide bonds. The lowest BCUT2D eigenvalue weighted by Crippen LogP contribution is -2.47. The number of nitrogens with two attached hydrogens (primary N) is 1. The first-order valence-electron chi connectivity index (χ1n) is 7.39. The Morgan fingerprint density at radius 1 is 1.26 bits per heavy atom. The summed E-state index contributed by atoms with van der Waals surface area (Å²) in [6.45, 7) is 5.98. The average molecular weight is 264 g/mol. The Morgan fingerprint density at radius 3 is 2.53 bits per heavy atom. The minimum Gasteiger partial charge on any atom is -0.330 e. The molecule has 1 saturated heterocycles. The van der Waals surface area contributed by atoms with Gasteiger partial charge in [-0.15, -0.1) is 0 Å². The molecule has 0 radical (unpaired) electrons. The van der Waals surface area contributed by atoms with Crippen molar-refractivity contribution in [1.82, 2.24) is 4.90 Å². The van der Waals surface area contributed by atoms with Crippen LogP contribution in [0.25, 0.3) is 0 Å². The van der Waals surface area contributed by atoms with Crippen molar-refractivity contribution in [2.75, 3.05) is 26.2 Å². The zero-order valence-electron chi connectivity index (χ0n) is 11.9. The summed E-state index contributed by atoms with van der Waals surface area (Å²) >= 11 is 0. The molecule has 106 valence electrons. The highest BCUT2D eigenvalue weighted by atomic mass is 19.1. The number of benzene rings is 1. The SMILES string of the molecule is CCCCN1CCC(CN)(c2ccccc2F)CC1. The Balaban J connectivity index is 2.08. The zero-order chi connectivity index (χ0) is 13.7. The lowest BCUT2D eigenvalue weighted by molar-refractivity contribution is 0.158. The van der Waals surface area contributed by atoms with Crippen LogP contribution in [0, 0.1) is 5.82 Å². The summed E-state index contributed by atoms with van der Waals surface area (Å²) in [6.07, 6.45) is 4.41. The van der Waals surface area contributed by atoms with Gasteiger partial charge in [-0.2, -0.15) is 0 Å². The predicted octanol–water partition coefficient (Wildman–Crippen LogP) is 2.92. The molecule has 1 aromatic carbocycles. The highest BCUT2D eigenvalue weighted by Crippen LogP contribution is 2.36. The van der Waals surface area contributed by atoms with Gasteiger partial charge in [-0.1, -0.05) is 31.5 Å². The summed E-state index contributed by atoms with van der Waals surface area (Å²) in [5.74, 6) is -0.102. The van der Waals surface area contributed by atoms with Crippen molar-refractivity contribution in [3.05, 3.63) is 35.6 Å². The van der Waals surface area contributed by atoms with Crippen molar-refractivity contribution < 1.29 is 4.39 Å². The summed E-state index contributed by atoms with van der Waals surface area (Å²) in [4.78, 5) is 2.48. The molecule has 0 bridgehead atoms. The zero-order valence-corrected chi connectivity index (χ0v) is 11.9. The van der Waals surface area contributed by atoms with Crippen molar-refractivity contribution in [1.29, 1.82) is 0 Å². The van der Waals surface area contributed by atoms with Gasteiger partial charge in [0, 0.05) is 12.0 Å². The van der Waals surface area contributed by atoms with E-state index in [4.69, 9.17) is 5.73 Å². The van der Waals surface area contributed by atoms with E-state index in [9.17, 15) is 4.39 Å². The summed E-state index contributed by atoms with van der Waals surface area (Å²) in [7, 11) is 0. The Bertz CT molecular complexity index is 397. The predicted molar refractivity (Wildman–Crippen MR) is 77.7 cm³/mol. The third kappa shape index (κ3) is 3.15. The van der Waals surface area contributed by atoms with Crippen LogP contribution in [0.1, 0.15) is 38.2 Å². The van der Waals surface area contributed by atoms with E-state index in [1.165, 1.54) is 12.8 Å². The summed E-state index contributed by atoms with van der Waals surface area (Å²) < 4.78 is 14.0. The molecule has 0 aliphatic carbocycles. The lowest BCUT2D eigenvalue weighted by Gasteiger charge is -2.41. The third-order valence-electron chi connectivity index (χ3n) is 4.48. The molecule has 2 nitrogen and oxygen atoms in total. The maximum Gasteiger partial charge on any atom is 0.127 e. The first-order chi connectivity index (χ1) is 9.22. The Kier molecular flexibility index (Phi) is 4.94. The number of nitrogens with zero attached hydrogens (tertiary/aromatic N) is 1. The maximum atomic E-state index is 14.0. The second-order valence-corrected chi connectivity index (χ2v) is 5.66. The van der Waals surface area contributed by atoms with Gasteiger partial charge in [0.1, 0.15) is 5.82 Å². The molecule has 19 heavy (non-hydrogen) atoms. The number of piperidine rings is 1. The fourth-order valence-corrected chi connectivity index (χ4v) is 3.06. The molecule has 0 aromatic heterocycles. The van der Waals surface area contributed by atoms with Crippen LogP contribution in [-0.4, -0.2) is 31.1 Å². The summed E-state index contributed by atoms with van der Waals surface area (Å²) in [6, 6.07) is 7.12. The smallest absolute Gasteiger partial charge is 0.127 e. The second kappa shape index (κ2) is 6.49. The standard InChI is InChI=1S/C16H25FN2/c1-2-3-10-19-11-8-16(13-18,9-12-19)14-6-4-5-7-15(14)17/h4-7H,2-3,8-13,18H2,1H3. The lowest BCUT2D eigenvalue weighted by atomic mass is 9.72. The molecular formula is C16H25FN2. The van der Waals surface area contributed by atoms with Gasteiger partial charge < -0.3 is 10.6 Å². The molecule has 1 heterocycles. The Hall–Kier alpha value is -0.930. The Morgan fingerprint density at radius 2 is 1.95 bits per heavy atom. The molecule has 1 fully saturated rings. The molecule has 0 unspecified atom stereocenters. The van der Waals surface area contributed by atoms with Gasteiger partial charge in [0.15, 0.2) is 0 Å². The minimum atomic E-state index is -0.159. The number of unbranched alkanes of at least 4 members (excludes halogenated alkanes) is 1. The van der Waals surface area contributed by atoms with Crippen LogP contribution in [0.5, 0.6) is 0 Å². The van der Waals surface area contributed by atoms with Crippen LogP contribution in [0.15, 0.2) is 24.3 Å². The largest absolute Gasteiger partial charge is 0.330 e. The number of halogens is 1. The normalized spacial score (nSPS) is 19.5. The molecule has 2 rings (SSSR count). The van der Waals surface area contributed by atoms with Gasteiger partial charge in [-0.25, -0.2) is 4.39 Å². The topological polar surface area (TPSA) is 29.3 Å². The van der Waals surface area contributed by atoms with Crippen molar-refractivity contribution >= 4 is 0 Å². The highest BCUT2D eigenvalue weighted by Gasteiger charge is 2.36. The molecule has 0 spiro atoms. The van der Waals surface area contributed by atoms with E-state index < -0.39 is 0 Å². The Labute approximate surface area is 115 Å². The summed E-state index contributed by atoms with van der Waals surface area (Å²) in [5.41, 5.74) is 6.65. The van der Waals surface area contributed by atoms with Gasteiger partial charge in [0.25, 0.3) is 0 Å². The van der Waals surface area contributed by atoms with Crippen molar-refractivity contribution in [3.8, 4) is 0 Å². The number of rotatable bonds is 5. The first kappa shape index (κ1) is 14.5. The number of hydrogen-bond acceptors (Lipinski definition) is 2. The molecule has 3 heteroatoms. The molecule has 1 aromatic rings. The van der Waals surface area contributed by atoms with Crippen LogP contribution in [0.4, 0.5) is 4.39 Å². The molecule has 2 N–H and O–H groups in total. The molecule has 1 aliphatic heterocycles. The average Bonchev–Trinajstić information content (AvgIpc) is 2.46. The van der Waals surface area contributed by atoms with Crippen molar-refractivity contribution in [3.63, 3.8) is 0 Å². The van der Waals surface area contributed by atoms with Crippen LogP contribution < -0.4 is 5.73 Å². The van der Waals surface area contributed by atoms with Crippen LogP contribution >= 0.6 is 0 Å². The van der Waals surface area contributed by atoms with Crippen LogP contribution in [0.3, 0.4) is 0 Å². The fraction of sp³-hybridized carbons (Fsp3) is 0.625. The van der Waals surface area contributed by atoms with Crippen molar-refractivity contribution in [2.24, 2.45) is 5.73 Å². The minimum absolute atomic E-state index is 0.102. The third-order valence-corrected chi connectivity index (χ3v) is 4.48. The maximum absolute atomic E-state index is 14.0. The van der Waals surface area contributed by atoms with E-state index >= 15 is 0 Å². The van der Waals surface area contributed by atoms with E-state index in [0.29, 0.717) is 6.54 Å². The monoisotopic (exact) mass is 264 g/mol. The molecule has 0 atom stereocenters. The fourth-order valence-electron chi connectivity index (χ4n) is 3.06. The molecule has 0 saturated carbocycles. The van der Waals surface area contributed by atoms with Gasteiger partial charge in [0.2, 0.25) is 0 Å². The van der Waals surface area contributed by atoms with Crippen molar-refractivity contribution in [2.45, 2.75) is 38.0 Å². The van der Waals surface area contributed by atoms with Gasteiger partial charge >= 0.3 is 0 Å². The second-order valence-electron chi connectivity index (χ2n) is 5.66. The molecule has 1 aliphatic rings. The quantitative estimate of drug-likeness (QED) is 0.886. The van der Waals surface area contributed by atoms with Crippen LogP contribution in [-0.2, 0) is 5.41 Å². The van der Waals surface area contributed by atoms with Gasteiger partial charge in [-0.05, 0) is 50.5 Å². The van der Waals surface area contributed by atoms with Gasteiger partial charge in [0.05, 0.1) is 0 Å². The van der Waals surface area contributed by atoms with E-state index in [0.717, 1.165) is 38.0 Å². The number of likely N-dealkylation sites (tertiary alicyclic amines) is 1. The first-order valence-corrected chi connectivity index (χ1v) is 7.39.